The lowest BCUT2D eigenvalue weighted by atomic mass is 10.0. The van der Waals surface area contributed by atoms with Crippen molar-refractivity contribution in [1.82, 2.24) is 4.90 Å². The molecule has 0 aliphatic carbocycles. The van der Waals surface area contributed by atoms with Crippen LogP contribution in [0.4, 0.5) is 4.39 Å². The van der Waals surface area contributed by atoms with Crippen LogP contribution in [0.2, 0.25) is 0 Å². The van der Waals surface area contributed by atoms with Gasteiger partial charge in [0.2, 0.25) is 0 Å². The minimum absolute atomic E-state index is 0.0577. The van der Waals surface area contributed by atoms with Crippen molar-refractivity contribution in [1.29, 1.82) is 0 Å². The minimum Gasteiger partial charge on any atom is -0.368 e. The number of nitrogens with two attached hydrogens (primary N) is 1. The fourth-order valence-corrected chi connectivity index (χ4v) is 2.55. The lowest BCUT2D eigenvalue weighted by Crippen LogP contribution is -2.54. The van der Waals surface area contributed by atoms with Crippen molar-refractivity contribution in [2.75, 3.05) is 19.6 Å². The first kappa shape index (κ1) is 13.5. The summed E-state index contributed by atoms with van der Waals surface area (Å²) >= 11 is 0. The van der Waals surface area contributed by atoms with Gasteiger partial charge in [0.25, 0.3) is 0 Å². The van der Waals surface area contributed by atoms with E-state index in [1.807, 2.05) is 6.07 Å². The quantitative estimate of drug-likeness (QED) is 0.891. The summed E-state index contributed by atoms with van der Waals surface area (Å²) in [6.07, 6.45) is 0.0577. The van der Waals surface area contributed by atoms with Crippen molar-refractivity contribution >= 4 is 0 Å². The highest BCUT2D eigenvalue weighted by Crippen LogP contribution is 2.22. The molecular formula is C14H21FN2O. The van der Waals surface area contributed by atoms with E-state index in [1.54, 1.807) is 12.1 Å². The number of rotatable bonds is 3. The van der Waals surface area contributed by atoms with Gasteiger partial charge < -0.3 is 10.5 Å². The molecule has 4 heteroatoms. The lowest BCUT2D eigenvalue weighted by Gasteiger charge is -2.42. The number of halogens is 1. The van der Waals surface area contributed by atoms with Gasteiger partial charge in [0, 0.05) is 26.2 Å². The van der Waals surface area contributed by atoms with E-state index < -0.39 is 0 Å². The maximum Gasteiger partial charge on any atom is 0.123 e. The van der Waals surface area contributed by atoms with Gasteiger partial charge in [0.05, 0.1) is 11.7 Å². The van der Waals surface area contributed by atoms with Crippen LogP contribution in [0.15, 0.2) is 24.3 Å². The number of ether oxygens (including phenoxy) is 1. The molecule has 0 spiro atoms. The van der Waals surface area contributed by atoms with E-state index in [-0.39, 0.29) is 17.5 Å². The van der Waals surface area contributed by atoms with Gasteiger partial charge in [-0.2, -0.15) is 0 Å². The third-order valence-electron chi connectivity index (χ3n) is 3.11. The highest BCUT2D eigenvalue weighted by molar-refractivity contribution is 5.16. The fourth-order valence-electron chi connectivity index (χ4n) is 2.55. The molecular weight excluding hydrogens is 231 g/mol. The van der Waals surface area contributed by atoms with Crippen molar-refractivity contribution < 1.29 is 9.13 Å². The summed E-state index contributed by atoms with van der Waals surface area (Å²) in [6.45, 7) is 7.02. The summed E-state index contributed by atoms with van der Waals surface area (Å²) in [6, 6.07) is 6.75. The predicted molar refractivity (Wildman–Crippen MR) is 69.7 cm³/mol. The van der Waals surface area contributed by atoms with Crippen LogP contribution in [0.25, 0.3) is 0 Å². The van der Waals surface area contributed by atoms with Gasteiger partial charge in [-0.3, -0.25) is 4.90 Å². The van der Waals surface area contributed by atoms with E-state index >= 15 is 0 Å². The zero-order valence-corrected chi connectivity index (χ0v) is 11.0. The van der Waals surface area contributed by atoms with Crippen molar-refractivity contribution in [3.63, 3.8) is 0 Å². The summed E-state index contributed by atoms with van der Waals surface area (Å²) in [5.74, 6) is -0.185. The Morgan fingerprint density at radius 3 is 2.94 bits per heavy atom. The van der Waals surface area contributed by atoms with Gasteiger partial charge in [-0.15, -0.1) is 0 Å². The largest absolute Gasteiger partial charge is 0.368 e. The molecule has 1 atom stereocenters. The second-order valence-corrected chi connectivity index (χ2v) is 5.53. The number of hydrogen-bond acceptors (Lipinski definition) is 3. The van der Waals surface area contributed by atoms with Gasteiger partial charge in [0.15, 0.2) is 0 Å². The Hall–Kier alpha value is -0.970. The molecule has 1 aromatic rings. The Kier molecular flexibility index (Phi) is 4.00. The molecule has 2 N–H and O–H groups in total. The van der Waals surface area contributed by atoms with Crippen LogP contribution < -0.4 is 5.73 Å². The average molecular weight is 252 g/mol. The first-order chi connectivity index (χ1) is 8.48. The second-order valence-electron chi connectivity index (χ2n) is 5.53. The van der Waals surface area contributed by atoms with Crippen LogP contribution in [-0.2, 0) is 11.3 Å². The Morgan fingerprint density at radius 2 is 2.28 bits per heavy atom. The molecule has 0 radical (unpaired) electrons. The molecule has 0 bridgehead atoms. The molecule has 100 valence electrons. The number of nitrogens with zero attached hydrogens (tertiary/aromatic N) is 1. The third-order valence-corrected chi connectivity index (χ3v) is 3.11. The second kappa shape index (κ2) is 5.34. The first-order valence-electron chi connectivity index (χ1n) is 6.33. The van der Waals surface area contributed by atoms with Gasteiger partial charge in [-0.25, -0.2) is 4.39 Å². The van der Waals surface area contributed by atoms with E-state index in [0.717, 1.165) is 25.2 Å². The average Bonchev–Trinajstić information content (AvgIpc) is 2.26. The Balaban J connectivity index is 2.04. The molecule has 1 unspecified atom stereocenters. The van der Waals surface area contributed by atoms with Crippen LogP contribution in [0, 0.1) is 5.82 Å². The van der Waals surface area contributed by atoms with Gasteiger partial charge in [-0.05, 0) is 31.5 Å². The van der Waals surface area contributed by atoms with Crippen LogP contribution in [0.3, 0.4) is 0 Å². The molecule has 3 nitrogen and oxygen atoms in total. The Labute approximate surface area is 108 Å². The molecule has 1 aromatic carbocycles. The molecule has 1 fully saturated rings. The molecule has 0 amide bonds. The molecule has 1 aliphatic rings. The normalized spacial score (nSPS) is 24.1. The lowest BCUT2D eigenvalue weighted by molar-refractivity contribution is -0.133. The van der Waals surface area contributed by atoms with Gasteiger partial charge in [0.1, 0.15) is 5.82 Å². The summed E-state index contributed by atoms with van der Waals surface area (Å²) in [7, 11) is 0. The summed E-state index contributed by atoms with van der Waals surface area (Å²) < 4.78 is 19.0. The van der Waals surface area contributed by atoms with E-state index in [2.05, 4.69) is 18.7 Å². The van der Waals surface area contributed by atoms with Crippen molar-refractivity contribution in [3.8, 4) is 0 Å². The SMILES string of the molecule is CC1(C)CN(Cc2cccc(F)c2)CC(CN)O1. The zero-order chi connectivity index (χ0) is 13.2. The predicted octanol–water partition coefficient (Wildman–Crippen LogP) is 1.76. The zero-order valence-electron chi connectivity index (χ0n) is 11.0. The van der Waals surface area contributed by atoms with Crippen LogP contribution >= 0.6 is 0 Å². The first-order valence-corrected chi connectivity index (χ1v) is 6.33. The smallest absolute Gasteiger partial charge is 0.123 e. The summed E-state index contributed by atoms with van der Waals surface area (Å²) in [5.41, 5.74) is 6.48. The standard InChI is InChI=1S/C14H21FN2O/c1-14(2)10-17(9-13(7-16)18-14)8-11-4-3-5-12(15)6-11/h3-6,13H,7-10,16H2,1-2H3. The minimum atomic E-state index is -0.199. The third kappa shape index (κ3) is 3.51. The maximum atomic E-state index is 13.2. The molecule has 0 saturated carbocycles. The van der Waals surface area contributed by atoms with E-state index in [9.17, 15) is 4.39 Å². The molecule has 1 aliphatic heterocycles. The van der Waals surface area contributed by atoms with Crippen molar-refractivity contribution in [3.05, 3.63) is 35.6 Å². The van der Waals surface area contributed by atoms with Gasteiger partial charge in [-0.1, -0.05) is 12.1 Å². The topological polar surface area (TPSA) is 38.5 Å². The van der Waals surface area contributed by atoms with Crippen LogP contribution in [0.5, 0.6) is 0 Å². The van der Waals surface area contributed by atoms with E-state index in [0.29, 0.717) is 6.54 Å². The molecule has 2 rings (SSSR count). The number of benzene rings is 1. The Bertz CT molecular complexity index is 409. The van der Waals surface area contributed by atoms with Crippen molar-refractivity contribution in [2.45, 2.75) is 32.1 Å². The summed E-state index contributed by atoms with van der Waals surface area (Å²) in [4.78, 5) is 2.27. The van der Waals surface area contributed by atoms with E-state index in [1.165, 1.54) is 6.07 Å². The van der Waals surface area contributed by atoms with Crippen LogP contribution in [0.1, 0.15) is 19.4 Å². The summed E-state index contributed by atoms with van der Waals surface area (Å²) in [5, 5.41) is 0. The Morgan fingerprint density at radius 1 is 1.50 bits per heavy atom. The van der Waals surface area contributed by atoms with Crippen molar-refractivity contribution in [2.24, 2.45) is 5.73 Å². The molecule has 1 saturated heterocycles. The van der Waals surface area contributed by atoms with Crippen LogP contribution in [-0.4, -0.2) is 36.2 Å². The molecule has 18 heavy (non-hydrogen) atoms. The van der Waals surface area contributed by atoms with Gasteiger partial charge >= 0.3 is 0 Å². The number of morpholine rings is 1. The fraction of sp³-hybridized carbons (Fsp3) is 0.571. The molecule has 1 heterocycles. The highest BCUT2D eigenvalue weighted by Gasteiger charge is 2.32. The van der Waals surface area contributed by atoms with E-state index in [4.69, 9.17) is 10.5 Å². The monoisotopic (exact) mass is 252 g/mol. The maximum absolute atomic E-state index is 13.2. The molecule has 0 aromatic heterocycles. The highest BCUT2D eigenvalue weighted by atomic mass is 19.1. The number of hydrogen-bond donors (Lipinski definition) is 1.